The van der Waals surface area contributed by atoms with E-state index in [4.69, 9.17) is 0 Å². The number of nitrogens with zero attached hydrogens (tertiary/aromatic N) is 1. The van der Waals surface area contributed by atoms with Gasteiger partial charge < -0.3 is 10.2 Å². The fourth-order valence-electron chi connectivity index (χ4n) is 3.49. The molecular formula is C17H22N2O3S. The summed E-state index contributed by atoms with van der Waals surface area (Å²) in [5, 5.41) is 2.91. The van der Waals surface area contributed by atoms with Gasteiger partial charge in [0.25, 0.3) is 5.91 Å². The molecule has 23 heavy (non-hydrogen) atoms. The average molecular weight is 334 g/mol. The Hall–Kier alpha value is -1.69. The van der Waals surface area contributed by atoms with E-state index in [1.807, 2.05) is 4.90 Å². The third kappa shape index (κ3) is 3.63. The van der Waals surface area contributed by atoms with E-state index >= 15 is 0 Å². The summed E-state index contributed by atoms with van der Waals surface area (Å²) in [6.45, 7) is 2.77. The molecule has 0 bridgehead atoms. The molecule has 1 aromatic rings. The molecule has 2 aliphatic rings. The highest BCUT2D eigenvalue weighted by Crippen LogP contribution is 2.29. The van der Waals surface area contributed by atoms with Crippen LogP contribution in [0.3, 0.4) is 0 Å². The van der Waals surface area contributed by atoms with Crippen molar-refractivity contribution in [1.82, 2.24) is 10.2 Å². The number of Topliss-reactive ketones (excluding diaryl/α,β-unsaturated/α-hetero) is 1. The van der Waals surface area contributed by atoms with Crippen LogP contribution in [0.15, 0.2) is 12.1 Å². The molecule has 1 unspecified atom stereocenters. The maximum absolute atomic E-state index is 12.1. The largest absolute Gasteiger partial charge is 0.351 e. The SMILES string of the molecule is CC(=O)c1ccc(C(=O)NCC2CC(=O)N(C3CCCC3)C2)s1. The molecule has 1 saturated heterocycles. The highest BCUT2D eigenvalue weighted by molar-refractivity contribution is 7.15. The molecule has 124 valence electrons. The molecule has 1 atom stereocenters. The first-order chi connectivity index (χ1) is 11.0. The molecular weight excluding hydrogens is 312 g/mol. The fourth-order valence-corrected chi connectivity index (χ4v) is 4.31. The van der Waals surface area contributed by atoms with Crippen LogP contribution in [-0.2, 0) is 4.79 Å². The summed E-state index contributed by atoms with van der Waals surface area (Å²) in [4.78, 5) is 38.7. The summed E-state index contributed by atoms with van der Waals surface area (Å²) >= 11 is 1.21. The highest BCUT2D eigenvalue weighted by atomic mass is 32.1. The fraction of sp³-hybridized carbons (Fsp3) is 0.588. The van der Waals surface area contributed by atoms with Crippen LogP contribution >= 0.6 is 11.3 Å². The van der Waals surface area contributed by atoms with Crippen LogP contribution in [0.2, 0.25) is 0 Å². The number of rotatable bonds is 5. The van der Waals surface area contributed by atoms with Crippen molar-refractivity contribution in [3.05, 3.63) is 21.9 Å². The van der Waals surface area contributed by atoms with Gasteiger partial charge in [-0.25, -0.2) is 0 Å². The number of hydrogen-bond donors (Lipinski definition) is 1. The van der Waals surface area contributed by atoms with E-state index in [0.717, 1.165) is 19.4 Å². The molecule has 1 aromatic heterocycles. The Balaban J connectivity index is 1.51. The molecule has 3 rings (SSSR count). The third-order valence-corrected chi connectivity index (χ3v) is 5.92. The zero-order valence-corrected chi connectivity index (χ0v) is 14.2. The lowest BCUT2D eigenvalue weighted by atomic mass is 10.1. The van der Waals surface area contributed by atoms with Gasteiger partial charge in [-0.3, -0.25) is 14.4 Å². The lowest BCUT2D eigenvalue weighted by Gasteiger charge is -2.24. The summed E-state index contributed by atoms with van der Waals surface area (Å²) < 4.78 is 0. The number of likely N-dealkylation sites (tertiary alicyclic amines) is 1. The van der Waals surface area contributed by atoms with Crippen molar-refractivity contribution in [3.63, 3.8) is 0 Å². The monoisotopic (exact) mass is 334 g/mol. The van der Waals surface area contributed by atoms with Crippen LogP contribution in [0.5, 0.6) is 0 Å². The zero-order valence-electron chi connectivity index (χ0n) is 13.3. The van der Waals surface area contributed by atoms with E-state index in [2.05, 4.69) is 5.32 Å². The number of nitrogens with one attached hydrogen (secondary N) is 1. The van der Waals surface area contributed by atoms with E-state index in [1.165, 1.54) is 31.1 Å². The number of ketones is 1. The Bertz CT molecular complexity index is 619. The second-order valence-corrected chi connectivity index (χ2v) is 7.57. The number of hydrogen-bond acceptors (Lipinski definition) is 4. The first kappa shape index (κ1) is 16.2. The van der Waals surface area contributed by atoms with Crippen LogP contribution in [0, 0.1) is 5.92 Å². The van der Waals surface area contributed by atoms with E-state index in [9.17, 15) is 14.4 Å². The molecule has 1 saturated carbocycles. The Morgan fingerprint density at radius 1 is 1.26 bits per heavy atom. The molecule has 1 N–H and O–H groups in total. The number of thiophene rings is 1. The van der Waals surface area contributed by atoms with Gasteiger partial charge in [0.2, 0.25) is 5.91 Å². The maximum Gasteiger partial charge on any atom is 0.261 e. The number of carbonyl (C=O) groups excluding carboxylic acids is 3. The van der Waals surface area contributed by atoms with Crippen molar-refractivity contribution in [3.8, 4) is 0 Å². The van der Waals surface area contributed by atoms with Crippen molar-refractivity contribution >= 4 is 28.9 Å². The van der Waals surface area contributed by atoms with E-state index in [0.29, 0.717) is 28.8 Å². The topological polar surface area (TPSA) is 66.5 Å². The molecule has 0 spiro atoms. The van der Waals surface area contributed by atoms with E-state index < -0.39 is 0 Å². The van der Waals surface area contributed by atoms with Crippen molar-refractivity contribution in [2.75, 3.05) is 13.1 Å². The molecule has 1 aliphatic carbocycles. The van der Waals surface area contributed by atoms with Gasteiger partial charge in [0.15, 0.2) is 5.78 Å². The number of carbonyl (C=O) groups is 3. The maximum atomic E-state index is 12.1. The van der Waals surface area contributed by atoms with E-state index in [1.54, 1.807) is 12.1 Å². The Morgan fingerprint density at radius 2 is 1.96 bits per heavy atom. The molecule has 2 heterocycles. The van der Waals surface area contributed by atoms with Crippen LogP contribution in [-0.4, -0.2) is 41.6 Å². The lowest BCUT2D eigenvalue weighted by molar-refractivity contribution is -0.129. The molecule has 6 heteroatoms. The van der Waals surface area contributed by atoms with Gasteiger partial charge in [-0.2, -0.15) is 0 Å². The molecule has 2 fully saturated rings. The molecule has 5 nitrogen and oxygen atoms in total. The summed E-state index contributed by atoms with van der Waals surface area (Å²) in [5.74, 6) is 0.238. The summed E-state index contributed by atoms with van der Waals surface area (Å²) in [6.07, 6.45) is 5.20. The second kappa shape index (κ2) is 6.83. The smallest absolute Gasteiger partial charge is 0.261 e. The first-order valence-corrected chi connectivity index (χ1v) is 9.04. The van der Waals surface area contributed by atoms with Gasteiger partial charge in [0, 0.05) is 31.5 Å². The van der Waals surface area contributed by atoms with Crippen molar-refractivity contribution in [1.29, 1.82) is 0 Å². The normalized spacial score (nSPS) is 21.9. The van der Waals surface area contributed by atoms with E-state index in [-0.39, 0.29) is 23.5 Å². The summed E-state index contributed by atoms with van der Waals surface area (Å²) in [7, 11) is 0. The minimum atomic E-state index is -0.158. The summed E-state index contributed by atoms with van der Waals surface area (Å²) in [6, 6.07) is 3.78. The van der Waals surface area contributed by atoms with Crippen molar-refractivity contribution < 1.29 is 14.4 Å². The predicted molar refractivity (Wildman–Crippen MR) is 88.7 cm³/mol. The molecule has 0 aromatic carbocycles. The van der Waals surface area contributed by atoms with Crippen LogP contribution in [0.1, 0.15) is 58.4 Å². The molecule has 2 amide bonds. The van der Waals surface area contributed by atoms with Crippen LogP contribution in [0.25, 0.3) is 0 Å². The van der Waals surface area contributed by atoms with Gasteiger partial charge >= 0.3 is 0 Å². The Labute approximate surface area is 140 Å². The number of amides is 2. The Morgan fingerprint density at radius 3 is 2.61 bits per heavy atom. The van der Waals surface area contributed by atoms with Gasteiger partial charge in [-0.05, 0) is 31.9 Å². The lowest BCUT2D eigenvalue weighted by Crippen LogP contribution is -2.35. The molecule has 0 radical (unpaired) electrons. The zero-order chi connectivity index (χ0) is 16.4. The van der Waals surface area contributed by atoms with Gasteiger partial charge in [0.05, 0.1) is 9.75 Å². The Kier molecular flexibility index (Phi) is 4.80. The molecule has 1 aliphatic heterocycles. The van der Waals surface area contributed by atoms with Gasteiger partial charge in [-0.1, -0.05) is 12.8 Å². The quantitative estimate of drug-likeness (QED) is 0.841. The third-order valence-electron chi connectivity index (χ3n) is 4.73. The van der Waals surface area contributed by atoms with Gasteiger partial charge in [0.1, 0.15) is 0 Å². The van der Waals surface area contributed by atoms with Crippen LogP contribution < -0.4 is 5.32 Å². The minimum Gasteiger partial charge on any atom is -0.351 e. The van der Waals surface area contributed by atoms with Crippen LogP contribution in [0.4, 0.5) is 0 Å². The first-order valence-electron chi connectivity index (χ1n) is 8.23. The van der Waals surface area contributed by atoms with Gasteiger partial charge in [-0.15, -0.1) is 11.3 Å². The standard InChI is InChI=1S/C17H22N2O3S/c1-11(20)14-6-7-15(23-14)17(22)18-9-12-8-16(21)19(10-12)13-4-2-3-5-13/h6-7,12-13H,2-5,8-10H2,1H3,(H,18,22). The second-order valence-electron chi connectivity index (χ2n) is 6.48. The van der Waals surface area contributed by atoms with Crippen molar-refractivity contribution in [2.45, 2.75) is 45.1 Å². The predicted octanol–water partition coefficient (Wildman–Crippen LogP) is 2.47. The summed E-state index contributed by atoms with van der Waals surface area (Å²) in [5.41, 5.74) is 0. The average Bonchev–Trinajstić information content (AvgIpc) is 3.24. The van der Waals surface area contributed by atoms with Crippen molar-refractivity contribution in [2.24, 2.45) is 5.92 Å². The minimum absolute atomic E-state index is 0.0253. The highest BCUT2D eigenvalue weighted by Gasteiger charge is 2.35.